The van der Waals surface area contributed by atoms with Gasteiger partial charge in [-0.3, -0.25) is 4.79 Å². The molecule has 1 aromatic rings. The van der Waals surface area contributed by atoms with Crippen molar-refractivity contribution in [3.8, 4) is 0 Å². The fourth-order valence-electron chi connectivity index (χ4n) is 3.76. The summed E-state index contributed by atoms with van der Waals surface area (Å²) in [5, 5.41) is 10.4. The molecule has 3 rings (SSSR count). The highest BCUT2D eigenvalue weighted by molar-refractivity contribution is 6.32. The first-order valence-corrected chi connectivity index (χ1v) is 7.80. The van der Waals surface area contributed by atoms with Crippen LogP contribution in [0.25, 0.3) is 0 Å². The van der Waals surface area contributed by atoms with Crippen molar-refractivity contribution >= 4 is 23.3 Å². The molecule has 3 nitrogen and oxygen atoms in total. The standard InChI is InChI=1S/C16H20ClNO2/c17-12-6-5-7-13(18-10-3-4-11-18)14(12)16(15(19)20)8-1-2-9-16/h5-7H,1-4,8-11H2,(H,19,20). The van der Waals surface area contributed by atoms with Gasteiger partial charge in [0.25, 0.3) is 0 Å². The van der Waals surface area contributed by atoms with Crippen LogP contribution < -0.4 is 4.90 Å². The number of halogens is 1. The number of anilines is 1. The lowest BCUT2D eigenvalue weighted by atomic mass is 9.77. The van der Waals surface area contributed by atoms with Crippen LogP contribution in [0.2, 0.25) is 5.02 Å². The number of rotatable bonds is 3. The van der Waals surface area contributed by atoms with E-state index in [1.807, 2.05) is 18.2 Å². The molecule has 2 aliphatic rings. The highest BCUT2D eigenvalue weighted by atomic mass is 35.5. The van der Waals surface area contributed by atoms with Crippen molar-refractivity contribution in [2.45, 2.75) is 43.9 Å². The summed E-state index contributed by atoms with van der Waals surface area (Å²) in [5.41, 5.74) is 1.11. The third kappa shape index (κ3) is 2.08. The Morgan fingerprint density at radius 2 is 1.80 bits per heavy atom. The Labute approximate surface area is 124 Å². The van der Waals surface area contributed by atoms with Gasteiger partial charge in [0.2, 0.25) is 0 Å². The minimum Gasteiger partial charge on any atom is -0.481 e. The van der Waals surface area contributed by atoms with E-state index < -0.39 is 11.4 Å². The van der Waals surface area contributed by atoms with E-state index in [1.165, 1.54) is 12.8 Å². The lowest BCUT2D eigenvalue weighted by molar-refractivity contribution is -0.143. The SMILES string of the molecule is O=C(O)C1(c2c(Cl)cccc2N2CCCC2)CCCC1. The van der Waals surface area contributed by atoms with Crippen LogP contribution in [0.1, 0.15) is 44.1 Å². The van der Waals surface area contributed by atoms with Crippen LogP contribution in [0.4, 0.5) is 5.69 Å². The molecule has 108 valence electrons. The average Bonchev–Trinajstić information content (AvgIpc) is 3.10. The highest BCUT2D eigenvalue weighted by Gasteiger charge is 2.46. The second-order valence-corrected chi connectivity index (χ2v) is 6.33. The Hall–Kier alpha value is -1.22. The first kappa shape index (κ1) is 13.7. The predicted octanol–water partition coefficient (Wildman–Crippen LogP) is 3.84. The van der Waals surface area contributed by atoms with Gasteiger partial charge in [-0.15, -0.1) is 0 Å². The number of carboxylic acid groups (broad SMARTS) is 1. The number of aliphatic carboxylic acids is 1. The zero-order chi connectivity index (χ0) is 14.2. The molecule has 1 heterocycles. The lowest BCUT2D eigenvalue weighted by Gasteiger charge is -2.31. The third-order valence-electron chi connectivity index (χ3n) is 4.78. The molecule has 0 bridgehead atoms. The van der Waals surface area contributed by atoms with Gasteiger partial charge in [-0.05, 0) is 37.8 Å². The summed E-state index contributed by atoms with van der Waals surface area (Å²) in [5.74, 6) is -0.719. The highest BCUT2D eigenvalue weighted by Crippen LogP contribution is 2.48. The topological polar surface area (TPSA) is 40.5 Å². The smallest absolute Gasteiger partial charge is 0.314 e. The number of benzene rings is 1. The summed E-state index contributed by atoms with van der Waals surface area (Å²) in [6.07, 6.45) is 5.69. The molecule has 1 saturated heterocycles. The van der Waals surface area contributed by atoms with Crippen LogP contribution in [0, 0.1) is 0 Å². The Bertz CT molecular complexity index is 517. The molecule has 0 atom stereocenters. The number of carbonyl (C=O) groups is 1. The second kappa shape index (κ2) is 5.28. The second-order valence-electron chi connectivity index (χ2n) is 5.92. The van der Waals surface area contributed by atoms with Crippen LogP contribution in [0.5, 0.6) is 0 Å². The van der Waals surface area contributed by atoms with Gasteiger partial charge in [0.1, 0.15) is 0 Å². The van der Waals surface area contributed by atoms with Crippen LogP contribution in [0.3, 0.4) is 0 Å². The molecular weight excluding hydrogens is 274 g/mol. The fourth-order valence-corrected chi connectivity index (χ4v) is 4.11. The molecule has 1 aliphatic heterocycles. The average molecular weight is 294 g/mol. The van der Waals surface area contributed by atoms with E-state index in [0.29, 0.717) is 17.9 Å². The molecule has 0 unspecified atom stereocenters. The summed E-state index contributed by atoms with van der Waals surface area (Å²) in [7, 11) is 0. The van der Waals surface area contributed by atoms with E-state index in [9.17, 15) is 9.90 Å². The maximum atomic E-state index is 12.0. The van der Waals surface area contributed by atoms with E-state index in [4.69, 9.17) is 11.6 Å². The quantitative estimate of drug-likeness (QED) is 0.920. The van der Waals surface area contributed by atoms with Gasteiger partial charge < -0.3 is 10.0 Å². The normalized spacial score (nSPS) is 21.4. The van der Waals surface area contributed by atoms with E-state index >= 15 is 0 Å². The van der Waals surface area contributed by atoms with Crippen molar-refractivity contribution in [3.63, 3.8) is 0 Å². The molecule has 1 aliphatic carbocycles. The summed E-state index contributed by atoms with van der Waals surface area (Å²) < 4.78 is 0. The Morgan fingerprint density at radius 3 is 2.40 bits per heavy atom. The van der Waals surface area contributed by atoms with E-state index in [0.717, 1.165) is 37.2 Å². The first-order valence-electron chi connectivity index (χ1n) is 7.42. The van der Waals surface area contributed by atoms with Crippen LogP contribution in [-0.4, -0.2) is 24.2 Å². The first-order chi connectivity index (χ1) is 9.65. The van der Waals surface area contributed by atoms with Gasteiger partial charge in [0.05, 0.1) is 5.41 Å². The van der Waals surface area contributed by atoms with Crippen molar-refractivity contribution < 1.29 is 9.90 Å². The summed E-state index contributed by atoms with van der Waals surface area (Å²) in [6.45, 7) is 2.01. The predicted molar refractivity (Wildman–Crippen MR) is 80.7 cm³/mol. The summed E-state index contributed by atoms with van der Waals surface area (Å²) in [6, 6.07) is 5.80. The Balaban J connectivity index is 2.13. The van der Waals surface area contributed by atoms with Gasteiger partial charge in [-0.2, -0.15) is 0 Å². The van der Waals surface area contributed by atoms with E-state index in [2.05, 4.69) is 4.90 Å². The molecule has 0 spiro atoms. The number of carboxylic acids is 1. The maximum absolute atomic E-state index is 12.0. The van der Waals surface area contributed by atoms with Gasteiger partial charge in [0, 0.05) is 29.4 Å². The molecule has 2 fully saturated rings. The molecule has 1 saturated carbocycles. The molecule has 4 heteroatoms. The summed E-state index contributed by atoms with van der Waals surface area (Å²) >= 11 is 6.43. The number of nitrogens with zero attached hydrogens (tertiary/aromatic N) is 1. The van der Waals surface area contributed by atoms with Gasteiger partial charge in [0.15, 0.2) is 0 Å². The van der Waals surface area contributed by atoms with Gasteiger partial charge >= 0.3 is 5.97 Å². The summed E-state index contributed by atoms with van der Waals surface area (Å²) in [4.78, 5) is 14.3. The van der Waals surface area contributed by atoms with Crippen LogP contribution in [-0.2, 0) is 10.2 Å². The number of hydrogen-bond acceptors (Lipinski definition) is 2. The monoisotopic (exact) mass is 293 g/mol. The molecule has 20 heavy (non-hydrogen) atoms. The lowest BCUT2D eigenvalue weighted by Crippen LogP contribution is -2.35. The molecule has 0 amide bonds. The van der Waals surface area contributed by atoms with E-state index in [1.54, 1.807) is 0 Å². The molecular formula is C16H20ClNO2. The van der Waals surface area contributed by atoms with Crippen molar-refractivity contribution in [2.24, 2.45) is 0 Å². The van der Waals surface area contributed by atoms with Gasteiger partial charge in [-0.25, -0.2) is 0 Å². The minimum absolute atomic E-state index is 0.610. The molecule has 0 radical (unpaired) electrons. The van der Waals surface area contributed by atoms with Gasteiger partial charge in [-0.1, -0.05) is 30.5 Å². The molecule has 1 aromatic carbocycles. The van der Waals surface area contributed by atoms with Crippen molar-refractivity contribution in [1.29, 1.82) is 0 Å². The largest absolute Gasteiger partial charge is 0.481 e. The van der Waals surface area contributed by atoms with Crippen molar-refractivity contribution in [2.75, 3.05) is 18.0 Å². The molecule has 0 aromatic heterocycles. The fraction of sp³-hybridized carbons (Fsp3) is 0.562. The maximum Gasteiger partial charge on any atom is 0.314 e. The minimum atomic E-state index is -0.781. The zero-order valence-corrected chi connectivity index (χ0v) is 12.3. The Kier molecular flexibility index (Phi) is 3.63. The van der Waals surface area contributed by atoms with Crippen molar-refractivity contribution in [1.82, 2.24) is 0 Å². The number of hydrogen-bond donors (Lipinski definition) is 1. The van der Waals surface area contributed by atoms with Crippen molar-refractivity contribution in [3.05, 3.63) is 28.8 Å². The van der Waals surface area contributed by atoms with Crippen LogP contribution >= 0.6 is 11.6 Å². The molecule has 1 N–H and O–H groups in total. The third-order valence-corrected chi connectivity index (χ3v) is 5.10. The van der Waals surface area contributed by atoms with E-state index in [-0.39, 0.29) is 0 Å². The van der Waals surface area contributed by atoms with Crippen LogP contribution in [0.15, 0.2) is 18.2 Å². The Morgan fingerprint density at radius 1 is 1.15 bits per heavy atom. The zero-order valence-electron chi connectivity index (χ0n) is 11.6.